The predicted molar refractivity (Wildman–Crippen MR) is 75.6 cm³/mol. The monoisotopic (exact) mass is 226 g/mol. The molecule has 16 heavy (non-hydrogen) atoms. The highest BCUT2D eigenvalue weighted by Crippen LogP contribution is 2.39. The normalized spacial score (nSPS) is 18.9. The fraction of sp³-hybridized carbons (Fsp3) is 1.00. The van der Waals surface area contributed by atoms with Crippen molar-refractivity contribution < 1.29 is 0 Å². The van der Waals surface area contributed by atoms with Crippen molar-refractivity contribution in [3.63, 3.8) is 0 Å². The van der Waals surface area contributed by atoms with Crippen molar-refractivity contribution in [2.75, 3.05) is 0 Å². The third-order valence-electron chi connectivity index (χ3n) is 5.43. The molecule has 0 bridgehead atoms. The molecule has 0 fully saturated rings. The summed E-state index contributed by atoms with van der Waals surface area (Å²) in [4.78, 5) is 0. The largest absolute Gasteiger partial charge is 0.0625 e. The van der Waals surface area contributed by atoms with E-state index in [-0.39, 0.29) is 0 Å². The molecule has 0 amide bonds. The standard InChI is InChI=1S/C16H34/c1-11(2)15(7)13(5)10-14(6)16(8,9)12(3)4/h11-15H,10H2,1-9H3. The van der Waals surface area contributed by atoms with Crippen LogP contribution in [-0.4, -0.2) is 0 Å². The van der Waals surface area contributed by atoms with Gasteiger partial charge in [0, 0.05) is 0 Å². The van der Waals surface area contributed by atoms with Crippen LogP contribution in [0.3, 0.4) is 0 Å². The Hall–Kier alpha value is 0. The van der Waals surface area contributed by atoms with E-state index < -0.39 is 0 Å². The molecule has 0 spiro atoms. The van der Waals surface area contributed by atoms with E-state index in [1.165, 1.54) is 6.42 Å². The Labute approximate surface area is 104 Å². The highest BCUT2D eigenvalue weighted by Gasteiger charge is 2.31. The lowest BCUT2D eigenvalue weighted by Crippen LogP contribution is -2.30. The smallest absolute Gasteiger partial charge is 0.0305 e. The molecule has 0 nitrogen and oxygen atoms in total. The third kappa shape index (κ3) is 4.11. The van der Waals surface area contributed by atoms with Gasteiger partial charge in [-0.05, 0) is 41.4 Å². The highest BCUT2D eigenvalue weighted by atomic mass is 14.4. The number of hydrogen-bond donors (Lipinski definition) is 0. The van der Waals surface area contributed by atoms with Crippen LogP contribution in [0.15, 0.2) is 0 Å². The van der Waals surface area contributed by atoms with Gasteiger partial charge in [0.05, 0.1) is 0 Å². The van der Waals surface area contributed by atoms with Crippen molar-refractivity contribution in [2.45, 2.75) is 68.7 Å². The molecule has 3 atom stereocenters. The minimum absolute atomic E-state index is 0.463. The first-order valence-corrected chi connectivity index (χ1v) is 7.10. The Kier molecular flexibility index (Phi) is 6.07. The van der Waals surface area contributed by atoms with Crippen molar-refractivity contribution in [1.29, 1.82) is 0 Å². The molecule has 0 saturated carbocycles. The van der Waals surface area contributed by atoms with E-state index in [0.717, 1.165) is 29.6 Å². The van der Waals surface area contributed by atoms with Gasteiger partial charge in [0.25, 0.3) is 0 Å². The summed E-state index contributed by atoms with van der Waals surface area (Å²) < 4.78 is 0. The zero-order valence-electron chi connectivity index (χ0n) is 13.1. The lowest BCUT2D eigenvalue weighted by molar-refractivity contribution is 0.112. The summed E-state index contributed by atoms with van der Waals surface area (Å²) in [5, 5.41) is 0. The first kappa shape index (κ1) is 16.0. The quantitative estimate of drug-likeness (QED) is 0.551. The molecule has 0 aromatic heterocycles. The van der Waals surface area contributed by atoms with Crippen LogP contribution in [0.4, 0.5) is 0 Å². The summed E-state index contributed by atoms with van der Waals surface area (Å²) >= 11 is 0. The van der Waals surface area contributed by atoms with Crippen LogP contribution >= 0.6 is 0 Å². The Balaban J connectivity index is 4.39. The first-order chi connectivity index (χ1) is 7.10. The average Bonchev–Trinajstić information content (AvgIpc) is 2.15. The Morgan fingerprint density at radius 3 is 1.56 bits per heavy atom. The van der Waals surface area contributed by atoms with Crippen molar-refractivity contribution in [1.82, 2.24) is 0 Å². The van der Waals surface area contributed by atoms with Crippen LogP contribution in [0.2, 0.25) is 0 Å². The van der Waals surface area contributed by atoms with Gasteiger partial charge in [0.1, 0.15) is 0 Å². The SMILES string of the molecule is CC(C)C(C)C(C)CC(C)C(C)(C)C(C)C. The number of hydrogen-bond acceptors (Lipinski definition) is 0. The van der Waals surface area contributed by atoms with Gasteiger partial charge < -0.3 is 0 Å². The molecule has 0 aliphatic carbocycles. The van der Waals surface area contributed by atoms with E-state index in [1.807, 2.05) is 0 Å². The van der Waals surface area contributed by atoms with Gasteiger partial charge in [0.2, 0.25) is 0 Å². The molecule has 3 unspecified atom stereocenters. The van der Waals surface area contributed by atoms with Crippen LogP contribution in [0, 0.1) is 35.0 Å². The fourth-order valence-electron chi connectivity index (χ4n) is 2.30. The van der Waals surface area contributed by atoms with Gasteiger partial charge in [-0.25, -0.2) is 0 Å². The molecule has 0 heterocycles. The van der Waals surface area contributed by atoms with Gasteiger partial charge in [0.15, 0.2) is 0 Å². The molecule has 0 saturated heterocycles. The molecule has 0 rings (SSSR count). The van der Waals surface area contributed by atoms with Crippen LogP contribution in [0.25, 0.3) is 0 Å². The lowest BCUT2D eigenvalue weighted by atomic mass is 9.67. The summed E-state index contributed by atoms with van der Waals surface area (Å²) in [5.41, 5.74) is 0.463. The maximum Gasteiger partial charge on any atom is -0.0305 e. The van der Waals surface area contributed by atoms with Crippen molar-refractivity contribution >= 4 is 0 Å². The van der Waals surface area contributed by atoms with Gasteiger partial charge in [-0.3, -0.25) is 0 Å². The second kappa shape index (κ2) is 6.07. The topological polar surface area (TPSA) is 0 Å². The molecule has 0 heteroatoms. The van der Waals surface area contributed by atoms with E-state index >= 15 is 0 Å². The minimum Gasteiger partial charge on any atom is -0.0625 e. The summed E-state index contributed by atoms with van der Waals surface area (Å²) in [6, 6.07) is 0. The van der Waals surface area contributed by atoms with Crippen molar-refractivity contribution in [3.8, 4) is 0 Å². The summed E-state index contributed by atoms with van der Waals surface area (Å²) in [7, 11) is 0. The first-order valence-electron chi connectivity index (χ1n) is 7.10. The van der Waals surface area contributed by atoms with E-state index in [2.05, 4.69) is 62.3 Å². The molecular weight excluding hydrogens is 192 g/mol. The summed E-state index contributed by atoms with van der Waals surface area (Å²) in [6.07, 6.45) is 1.37. The molecule has 0 aliphatic rings. The summed E-state index contributed by atoms with van der Waals surface area (Å²) in [5.74, 6) is 4.07. The minimum atomic E-state index is 0.463. The Morgan fingerprint density at radius 2 is 1.25 bits per heavy atom. The lowest BCUT2D eigenvalue weighted by Gasteiger charge is -2.38. The second-order valence-corrected chi connectivity index (χ2v) is 7.19. The molecule has 0 aromatic rings. The van der Waals surface area contributed by atoms with E-state index in [4.69, 9.17) is 0 Å². The van der Waals surface area contributed by atoms with E-state index in [9.17, 15) is 0 Å². The van der Waals surface area contributed by atoms with E-state index in [1.54, 1.807) is 0 Å². The fourth-order valence-corrected chi connectivity index (χ4v) is 2.30. The zero-order valence-corrected chi connectivity index (χ0v) is 13.1. The Bertz CT molecular complexity index is 188. The van der Waals surface area contributed by atoms with Gasteiger partial charge >= 0.3 is 0 Å². The van der Waals surface area contributed by atoms with Gasteiger partial charge in [-0.15, -0.1) is 0 Å². The van der Waals surface area contributed by atoms with Gasteiger partial charge in [-0.1, -0.05) is 62.3 Å². The molecule has 0 radical (unpaired) electrons. The van der Waals surface area contributed by atoms with E-state index in [0.29, 0.717) is 5.41 Å². The Morgan fingerprint density at radius 1 is 0.812 bits per heavy atom. The second-order valence-electron chi connectivity index (χ2n) is 7.19. The molecule has 98 valence electrons. The van der Waals surface area contributed by atoms with Crippen LogP contribution in [0.5, 0.6) is 0 Å². The van der Waals surface area contributed by atoms with Crippen LogP contribution in [0.1, 0.15) is 68.7 Å². The maximum absolute atomic E-state index is 2.43. The molecule has 0 aromatic carbocycles. The van der Waals surface area contributed by atoms with Gasteiger partial charge in [-0.2, -0.15) is 0 Å². The van der Waals surface area contributed by atoms with Crippen molar-refractivity contribution in [2.24, 2.45) is 35.0 Å². The van der Waals surface area contributed by atoms with Crippen molar-refractivity contribution in [3.05, 3.63) is 0 Å². The number of rotatable bonds is 6. The predicted octanol–water partition coefficient (Wildman–Crippen LogP) is 5.62. The van der Waals surface area contributed by atoms with Crippen LogP contribution < -0.4 is 0 Å². The highest BCUT2D eigenvalue weighted by molar-refractivity contribution is 4.81. The third-order valence-corrected chi connectivity index (χ3v) is 5.43. The average molecular weight is 226 g/mol. The molecule has 0 N–H and O–H groups in total. The zero-order chi connectivity index (χ0) is 13.1. The maximum atomic E-state index is 2.43. The van der Waals surface area contributed by atoms with Crippen LogP contribution in [-0.2, 0) is 0 Å². The molecule has 0 aliphatic heterocycles. The summed E-state index contributed by atoms with van der Waals surface area (Å²) in [6.45, 7) is 21.5. The molecular formula is C16H34.